The summed E-state index contributed by atoms with van der Waals surface area (Å²) in [6.45, 7) is 4.40. The van der Waals surface area contributed by atoms with Crippen molar-refractivity contribution in [3.05, 3.63) is 50.8 Å². The number of rotatable bonds is 5. The largest absolute Gasteiger partial charge is 0.385 e. The van der Waals surface area contributed by atoms with E-state index in [2.05, 4.69) is 14.9 Å². The number of nitrogens with one attached hydrogen (secondary N) is 1. The first-order valence-corrected chi connectivity index (χ1v) is 8.64. The van der Waals surface area contributed by atoms with E-state index in [0.717, 1.165) is 25.9 Å². The highest BCUT2D eigenvalue weighted by molar-refractivity contribution is 4.99. The lowest BCUT2D eigenvalue weighted by molar-refractivity contribution is 0.0502. The zero-order valence-electron chi connectivity index (χ0n) is 14.7. The highest BCUT2D eigenvalue weighted by atomic mass is 16.3. The molecule has 2 N–H and O–H groups in total. The molecule has 1 aliphatic heterocycles. The number of aliphatic hydroxyl groups is 1. The summed E-state index contributed by atoms with van der Waals surface area (Å²) < 4.78 is 3.09. The van der Waals surface area contributed by atoms with E-state index in [0.29, 0.717) is 24.6 Å². The summed E-state index contributed by atoms with van der Waals surface area (Å²) in [5, 5.41) is 10.5. The summed E-state index contributed by atoms with van der Waals surface area (Å²) >= 11 is 0. The zero-order chi connectivity index (χ0) is 18.0. The lowest BCUT2D eigenvalue weighted by Gasteiger charge is -2.34. The van der Waals surface area contributed by atoms with Gasteiger partial charge in [0.2, 0.25) is 0 Å². The normalized spacial score (nSPS) is 17.7. The second-order valence-electron chi connectivity index (χ2n) is 6.77. The highest BCUT2D eigenvalue weighted by Gasteiger charge is 2.28. The smallest absolute Gasteiger partial charge is 0.328 e. The van der Waals surface area contributed by atoms with Crippen LogP contribution in [0.25, 0.3) is 0 Å². The Morgan fingerprint density at radius 2 is 2.04 bits per heavy atom. The van der Waals surface area contributed by atoms with E-state index >= 15 is 0 Å². The minimum Gasteiger partial charge on any atom is -0.385 e. The lowest BCUT2D eigenvalue weighted by atomic mass is 9.90. The molecule has 0 amide bonds. The fourth-order valence-corrected chi connectivity index (χ4v) is 3.45. The van der Waals surface area contributed by atoms with Gasteiger partial charge in [-0.15, -0.1) is 0 Å². The summed E-state index contributed by atoms with van der Waals surface area (Å²) in [5.41, 5.74) is -0.0400. The van der Waals surface area contributed by atoms with Crippen molar-refractivity contribution in [3.63, 3.8) is 0 Å². The number of aliphatic hydroxyl groups excluding tert-OH is 1. The van der Waals surface area contributed by atoms with Gasteiger partial charge < -0.3 is 19.6 Å². The number of H-pyrrole nitrogens is 1. The Bertz CT molecular complexity index is 798. The van der Waals surface area contributed by atoms with Gasteiger partial charge in [-0.1, -0.05) is 0 Å². The predicted molar refractivity (Wildman–Crippen MR) is 93.4 cm³/mol. The van der Waals surface area contributed by atoms with E-state index in [1.165, 1.54) is 10.6 Å². The predicted octanol–water partition coefficient (Wildman–Crippen LogP) is 0.0241. The number of aromatic nitrogens is 4. The first-order chi connectivity index (χ1) is 12.0. The maximum Gasteiger partial charge on any atom is 0.328 e. The molecular weight excluding hydrogens is 322 g/mol. The van der Waals surface area contributed by atoms with Crippen LogP contribution in [0.15, 0.2) is 28.0 Å². The van der Waals surface area contributed by atoms with Crippen molar-refractivity contribution in [3.8, 4) is 0 Å². The Hall–Kier alpha value is -2.19. The van der Waals surface area contributed by atoms with Crippen molar-refractivity contribution in [2.75, 3.05) is 19.6 Å². The molecule has 0 radical (unpaired) electrons. The van der Waals surface area contributed by atoms with Gasteiger partial charge >= 0.3 is 5.69 Å². The summed E-state index contributed by atoms with van der Waals surface area (Å²) in [4.78, 5) is 32.9. The van der Waals surface area contributed by atoms with Crippen LogP contribution in [-0.2, 0) is 13.6 Å². The Kier molecular flexibility index (Phi) is 5.19. The SMILES string of the molecule is Cc1cc(=O)n(CCN2CCC(C(O)c3nccn3C)CC2)c(=O)[nH]1. The fourth-order valence-electron chi connectivity index (χ4n) is 3.45. The monoisotopic (exact) mass is 347 g/mol. The Morgan fingerprint density at radius 3 is 2.64 bits per heavy atom. The van der Waals surface area contributed by atoms with Crippen LogP contribution in [-0.4, -0.2) is 48.7 Å². The maximum atomic E-state index is 11.9. The number of piperidine rings is 1. The molecule has 1 fully saturated rings. The lowest BCUT2D eigenvalue weighted by Crippen LogP contribution is -2.42. The quantitative estimate of drug-likeness (QED) is 0.795. The molecule has 0 aromatic carbocycles. The van der Waals surface area contributed by atoms with Gasteiger partial charge in [-0.2, -0.15) is 0 Å². The molecule has 0 aliphatic carbocycles. The number of likely N-dealkylation sites (tertiary alicyclic amines) is 1. The number of aromatic amines is 1. The van der Waals surface area contributed by atoms with E-state index in [1.54, 1.807) is 13.1 Å². The van der Waals surface area contributed by atoms with Gasteiger partial charge in [0.25, 0.3) is 5.56 Å². The summed E-state index contributed by atoms with van der Waals surface area (Å²) in [5.74, 6) is 0.888. The Balaban J connectivity index is 1.54. The van der Waals surface area contributed by atoms with Gasteiger partial charge in [0, 0.05) is 44.3 Å². The number of imidazole rings is 1. The number of hydrogen-bond acceptors (Lipinski definition) is 5. The van der Waals surface area contributed by atoms with Crippen LogP contribution in [0.2, 0.25) is 0 Å². The molecule has 1 aliphatic rings. The van der Waals surface area contributed by atoms with Crippen LogP contribution in [0.4, 0.5) is 0 Å². The molecule has 25 heavy (non-hydrogen) atoms. The average molecular weight is 347 g/mol. The molecule has 136 valence electrons. The van der Waals surface area contributed by atoms with E-state index in [-0.39, 0.29) is 17.2 Å². The number of nitrogens with zero attached hydrogens (tertiary/aromatic N) is 4. The van der Waals surface area contributed by atoms with Crippen molar-refractivity contribution in [2.24, 2.45) is 13.0 Å². The molecule has 2 aromatic rings. The van der Waals surface area contributed by atoms with Crippen molar-refractivity contribution >= 4 is 0 Å². The topological polar surface area (TPSA) is 96.2 Å². The van der Waals surface area contributed by atoms with Gasteiger partial charge in [-0.3, -0.25) is 9.36 Å². The van der Waals surface area contributed by atoms with E-state index in [1.807, 2.05) is 17.8 Å². The summed E-state index contributed by atoms with van der Waals surface area (Å²) in [6, 6.07) is 1.44. The standard InChI is InChI=1S/C17H25N5O3/c1-12-11-14(23)22(17(25)19-12)10-9-21-6-3-13(4-7-21)15(24)16-18-5-8-20(16)2/h5,8,11,13,15,24H,3-4,6-7,9-10H2,1-2H3,(H,19,25). The summed E-state index contributed by atoms with van der Waals surface area (Å²) in [6.07, 6.45) is 4.72. The average Bonchev–Trinajstić information content (AvgIpc) is 3.00. The molecule has 3 heterocycles. The van der Waals surface area contributed by atoms with Crippen molar-refractivity contribution in [1.82, 2.24) is 24.0 Å². The van der Waals surface area contributed by atoms with Crippen LogP contribution < -0.4 is 11.2 Å². The van der Waals surface area contributed by atoms with Gasteiger partial charge in [0.15, 0.2) is 0 Å². The third-order valence-electron chi connectivity index (χ3n) is 5.00. The Labute approximate surface area is 145 Å². The molecule has 0 bridgehead atoms. The van der Waals surface area contributed by atoms with E-state index in [4.69, 9.17) is 0 Å². The van der Waals surface area contributed by atoms with Crippen LogP contribution in [0.3, 0.4) is 0 Å². The van der Waals surface area contributed by atoms with Crippen molar-refractivity contribution < 1.29 is 5.11 Å². The van der Waals surface area contributed by atoms with E-state index < -0.39 is 6.10 Å². The van der Waals surface area contributed by atoms with Gasteiger partial charge in [0.1, 0.15) is 11.9 Å². The summed E-state index contributed by atoms with van der Waals surface area (Å²) in [7, 11) is 1.89. The van der Waals surface area contributed by atoms with Crippen LogP contribution in [0, 0.1) is 12.8 Å². The van der Waals surface area contributed by atoms with Crippen LogP contribution in [0.5, 0.6) is 0 Å². The number of hydrogen-bond donors (Lipinski definition) is 2. The zero-order valence-corrected chi connectivity index (χ0v) is 14.7. The first kappa shape index (κ1) is 17.6. The minimum atomic E-state index is -0.551. The molecule has 3 rings (SSSR count). The van der Waals surface area contributed by atoms with Gasteiger partial charge in [0.05, 0.1) is 0 Å². The van der Waals surface area contributed by atoms with Gasteiger partial charge in [-0.05, 0) is 38.8 Å². The molecule has 0 spiro atoms. The van der Waals surface area contributed by atoms with Crippen molar-refractivity contribution in [2.45, 2.75) is 32.4 Å². The van der Waals surface area contributed by atoms with E-state index in [9.17, 15) is 14.7 Å². The molecule has 1 atom stereocenters. The van der Waals surface area contributed by atoms with Crippen LogP contribution in [0.1, 0.15) is 30.5 Å². The number of aryl methyl sites for hydroxylation is 2. The second-order valence-corrected chi connectivity index (χ2v) is 6.77. The van der Waals surface area contributed by atoms with Gasteiger partial charge in [-0.25, -0.2) is 9.78 Å². The maximum absolute atomic E-state index is 11.9. The molecule has 8 nitrogen and oxygen atoms in total. The molecule has 2 aromatic heterocycles. The third-order valence-corrected chi connectivity index (χ3v) is 5.00. The fraction of sp³-hybridized carbons (Fsp3) is 0.588. The highest BCUT2D eigenvalue weighted by Crippen LogP contribution is 2.29. The molecule has 1 unspecified atom stereocenters. The molecular formula is C17H25N5O3. The molecule has 0 saturated carbocycles. The third kappa shape index (κ3) is 3.91. The molecule has 1 saturated heterocycles. The van der Waals surface area contributed by atoms with Crippen molar-refractivity contribution in [1.29, 1.82) is 0 Å². The Morgan fingerprint density at radius 1 is 1.32 bits per heavy atom. The second kappa shape index (κ2) is 7.37. The van der Waals surface area contributed by atoms with Crippen LogP contribution >= 0.6 is 0 Å². The minimum absolute atomic E-state index is 0.183. The molecule has 8 heteroatoms. The first-order valence-electron chi connectivity index (χ1n) is 8.64.